The zero-order valence-electron chi connectivity index (χ0n) is 9.40. The molecule has 0 saturated heterocycles. The van der Waals surface area contributed by atoms with Crippen LogP contribution in [0, 0.1) is 6.92 Å². The van der Waals surface area contributed by atoms with Crippen LogP contribution in [0.1, 0.15) is 17.7 Å². The van der Waals surface area contributed by atoms with Crippen molar-refractivity contribution in [1.82, 2.24) is 9.78 Å². The molecule has 0 radical (unpaired) electrons. The third-order valence-corrected chi connectivity index (χ3v) is 2.69. The van der Waals surface area contributed by atoms with E-state index in [9.17, 15) is 4.79 Å². The van der Waals surface area contributed by atoms with Crippen LogP contribution in [0.15, 0.2) is 18.2 Å². The highest BCUT2D eigenvalue weighted by atomic mass is 16.4. The summed E-state index contributed by atoms with van der Waals surface area (Å²) in [5.74, 6) is -0.776. The zero-order chi connectivity index (χ0) is 11.7. The van der Waals surface area contributed by atoms with E-state index in [-0.39, 0.29) is 6.42 Å². The Labute approximate surface area is 93.5 Å². The average Bonchev–Trinajstić information content (AvgIpc) is 2.51. The van der Waals surface area contributed by atoms with Crippen molar-refractivity contribution in [3.05, 3.63) is 29.5 Å². The fourth-order valence-electron chi connectivity index (χ4n) is 1.89. The number of nitrogens with zero attached hydrogens (tertiary/aromatic N) is 2. The maximum absolute atomic E-state index is 10.6. The second-order valence-electron chi connectivity index (χ2n) is 3.98. The van der Waals surface area contributed by atoms with E-state index in [1.54, 1.807) is 4.68 Å². The van der Waals surface area contributed by atoms with Crippen LogP contribution in [-0.2, 0) is 18.3 Å². The highest BCUT2D eigenvalue weighted by Gasteiger charge is 2.10. The van der Waals surface area contributed by atoms with Crippen molar-refractivity contribution >= 4 is 16.9 Å². The zero-order valence-corrected chi connectivity index (χ0v) is 9.40. The van der Waals surface area contributed by atoms with E-state index in [1.165, 1.54) is 0 Å². The Balaban J connectivity index is 2.45. The minimum Gasteiger partial charge on any atom is -0.481 e. The molecule has 0 aliphatic rings. The van der Waals surface area contributed by atoms with Crippen LogP contribution < -0.4 is 0 Å². The minimum absolute atomic E-state index is 0.141. The first-order chi connectivity index (χ1) is 7.58. The number of carbonyl (C=O) groups is 1. The molecule has 0 aliphatic carbocycles. The summed E-state index contributed by atoms with van der Waals surface area (Å²) in [6, 6.07) is 6.03. The molecule has 0 fully saturated rings. The highest BCUT2D eigenvalue weighted by molar-refractivity contribution is 5.82. The van der Waals surface area contributed by atoms with Gasteiger partial charge in [0.2, 0.25) is 0 Å². The van der Waals surface area contributed by atoms with Gasteiger partial charge in [0.25, 0.3) is 0 Å². The summed E-state index contributed by atoms with van der Waals surface area (Å²) < 4.78 is 1.77. The number of benzene rings is 1. The topological polar surface area (TPSA) is 55.1 Å². The number of carboxylic acids is 1. The fourth-order valence-corrected chi connectivity index (χ4v) is 1.89. The van der Waals surface area contributed by atoms with Gasteiger partial charge in [-0.25, -0.2) is 0 Å². The molecule has 84 valence electrons. The number of hydrogen-bond donors (Lipinski definition) is 1. The van der Waals surface area contributed by atoms with Crippen LogP contribution in [0.25, 0.3) is 10.9 Å². The van der Waals surface area contributed by atoms with Crippen molar-refractivity contribution < 1.29 is 9.90 Å². The van der Waals surface area contributed by atoms with Gasteiger partial charge in [0.15, 0.2) is 0 Å². The molecule has 16 heavy (non-hydrogen) atoms. The summed E-state index contributed by atoms with van der Waals surface area (Å²) in [4.78, 5) is 10.6. The molecular weight excluding hydrogens is 204 g/mol. The maximum Gasteiger partial charge on any atom is 0.303 e. The number of carboxylic acid groups (broad SMARTS) is 1. The van der Waals surface area contributed by atoms with Gasteiger partial charge in [-0.05, 0) is 19.1 Å². The van der Waals surface area contributed by atoms with E-state index in [0.717, 1.165) is 22.2 Å². The van der Waals surface area contributed by atoms with Crippen molar-refractivity contribution in [3.63, 3.8) is 0 Å². The van der Waals surface area contributed by atoms with E-state index in [4.69, 9.17) is 5.11 Å². The number of aromatic nitrogens is 2. The van der Waals surface area contributed by atoms with Gasteiger partial charge in [-0.3, -0.25) is 9.48 Å². The summed E-state index contributed by atoms with van der Waals surface area (Å²) >= 11 is 0. The van der Waals surface area contributed by atoms with Crippen LogP contribution >= 0.6 is 0 Å². The van der Waals surface area contributed by atoms with E-state index in [1.807, 2.05) is 26.1 Å². The van der Waals surface area contributed by atoms with Gasteiger partial charge in [-0.15, -0.1) is 0 Å². The Morgan fingerprint density at radius 3 is 2.94 bits per heavy atom. The summed E-state index contributed by atoms with van der Waals surface area (Å²) in [6.45, 7) is 2.02. The van der Waals surface area contributed by atoms with E-state index >= 15 is 0 Å². The lowest BCUT2D eigenvalue weighted by Crippen LogP contribution is -2.03. The number of rotatable bonds is 3. The van der Waals surface area contributed by atoms with Gasteiger partial charge in [0.05, 0.1) is 11.9 Å². The number of aryl methyl sites for hydroxylation is 3. The van der Waals surface area contributed by atoms with Crippen LogP contribution in [-0.4, -0.2) is 20.9 Å². The van der Waals surface area contributed by atoms with Gasteiger partial charge < -0.3 is 5.11 Å². The lowest BCUT2D eigenvalue weighted by molar-refractivity contribution is -0.136. The van der Waals surface area contributed by atoms with Crippen molar-refractivity contribution in [2.75, 3.05) is 0 Å². The Hall–Kier alpha value is -1.84. The highest BCUT2D eigenvalue weighted by Crippen LogP contribution is 2.20. The predicted octanol–water partition coefficient (Wildman–Crippen LogP) is 1.90. The molecule has 0 atom stereocenters. The van der Waals surface area contributed by atoms with Crippen molar-refractivity contribution in [1.29, 1.82) is 0 Å². The van der Waals surface area contributed by atoms with Gasteiger partial charge in [0, 0.05) is 24.5 Å². The first kappa shape index (κ1) is 10.7. The number of fused-ring (bicyclic) bond motifs is 1. The standard InChI is InChI=1S/C12H14N2O2/c1-8-3-4-10-9(7-8)11(14(2)13-10)5-6-12(15)16/h3-4,7H,5-6H2,1-2H3,(H,15,16). The summed E-state index contributed by atoms with van der Waals surface area (Å²) in [6.07, 6.45) is 0.661. The molecule has 2 rings (SSSR count). The van der Waals surface area contributed by atoms with Crippen LogP contribution in [0.5, 0.6) is 0 Å². The summed E-state index contributed by atoms with van der Waals surface area (Å²) in [5.41, 5.74) is 3.08. The van der Waals surface area contributed by atoms with E-state index < -0.39 is 5.97 Å². The Morgan fingerprint density at radius 1 is 1.50 bits per heavy atom. The van der Waals surface area contributed by atoms with Gasteiger partial charge >= 0.3 is 5.97 Å². The quantitative estimate of drug-likeness (QED) is 0.856. The molecule has 0 aliphatic heterocycles. The first-order valence-corrected chi connectivity index (χ1v) is 5.22. The molecule has 4 nitrogen and oxygen atoms in total. The van der Waals surface area contributed by atoms with E-state index in [0.29, 0.717) is 6.42 Å². The SMILES string of the molecule is Cc1ccc2nn(C)c(CCC(=O)O)c2c1. The number of aliphatic carboxylic acids is 1. The molecule has 0 saturated carbocycles. The maximum atomic E-state index is 10.6. The predicted molar refractivity (Wildman–Crippen MR) is 61.4 cm³/mol. The van der Waals surface area contributed by atoms with Crippen LogP contribution in [0.2, 0.25) is 0 Å². The van der Waals surface area contributed by atoms with Crippen LogP contribution in [0.3, 0.4) is 0 Å². The second-order valence-corrected chi connectivity index (χ2v) is 3.98. The monoisotopic (exact) mass is 218 g/mol. The van der Waals surface area contributed by atoms with Gasteiger partial charge in [-0.1, -0.05) is 11.6 Å². The summed E-state index contributed by atoms with van der Waals surface area (Å²) in [7, 11) is 1.85. The molecule has 1 N–H and O–H groups in total. The lowest BCUT2D eigenvalue weighted by Gasteiger charge is -2.00. The molecule has 0 unspecified atom stereocenters. The molecule has 4 heteroatoms. The molecule has 0 spiro atoms. The van der Waals surface area contributed by atoms with Gasteiger partial charge in [-0.2, -0.15) is 5.10 Å². The summed E-state index contributed by atoms with van der Waals surface area (Å²) in [5, 5.41) is 14.1. The molecule has 1 heterocycles. The largest absolute Gasteiger partial charge is 0.481 e. The van der Waals surface area contributed by atoms with Crippen molar-refractivity contribution in [2.24, 2.45) is 7.05 Å². The average molecular weight is 218 g/mol. The second kappa shape index (κ2) is 3.96. The normalized spacial score (nSPS) is 10.9. The molecular formula is C12H14N2O2. The van der Waals surface area contributed by atoms with E-state index in [2.05, 4.69) is 11.2 Å². The lowest BCUT2D eigenvalue weighted by atomic mass is 10.1. The Bertz CT molecular complexity index is 543. The van der Waals surface area contributed by atoms with Crippen molar-refractivity contribution in [2.45, 2.75) is 19.8 Å². The van der Waals surface area contributed by atoms with Gasteiger partial charge in [0.1, 0.15) is 0 Å². The number of hydrogen-bond acceptors (Lipinski definition) is 2. The van der Waals surface area contributed by atoms with Crippen LogP contribution in [0.4, 0.5) is 0 Å². The minimum atomic E-state index is -0.776. The molecule has 0 amide bonds. The fraction of sp³-hybridized carbons (Fsp3) is 0.333. The first-order valence-electron chi connectivity index (χ1n) is 5.22. The molecule has 1 aromatic carbocycles. The smallest absolute Gasteiger partial charge is 0.303 e. The third-order valence-electron chi connectivity index (χ3n) is 2.69. The Morgan fingerprint density at radius 2 is 2.25 bits per heavy atom. The van der Waals surface area contributed by atoms with Crippen molar-refractivity contribution in [3.8, 4) is 0 Å². The third kappa shape index (κ3) is 1.91. The molecule has 0 bridgehead atoms. The molecule has 1 aromatic heterocycles. The molecule has 2 aromatic rings. The Kier molecular flexibility index (Phi) is 2.64.